The molecule has 1 heterocycles. The average molecular weight is 296 g/mol. The van der Waals surface area contributed by atoms with Crippen LogP contribution < -0.4 is 0 Å². The van der Waals surface area contributed by atoms with Crippen molar-refractivity contribution in [1.29, 1.82) is 0 Å². The Morgan fingerprint density at radius 3 is 2.55 bits per heavy atom. The van der Waals surface area contributed by atoms with Crippen LogP contribution >= 0.6 is 0 Å². The summed E-state index contributed by atoms with van der Waals surface area (Å²) < 4.78 is 10.0. The molecule has 1 aliphatic carbocycles. The molecule has 0 radical (unpaired) electrons. The minimum absolute atomic E-state index is 0.0244. The van der Waals surface area contributed by atoms with Gasteiger partial charge in [-0.3, -0.25) is 4.79 Å². The maximum Gasteiger partial charge on any atom is 0.330 e. The van der Waals surface area contributed by atoms with Gasteiger partial charge in [0.15, 0.2) is 5.78 Å². The maximum absolute atomic E-state index is 12.6. The summed E-state index contributed by atoms with van der Waals surface area (Å²) >= 11 is 0. The lowest BCUT2D eigenvalue weighted by atomic mass is 10.0. The number of hydrogen-bond donors (Lipinski definition) is 0. The number of carbonyl (C=O) groups excluding carboxylic acids is 2. The molecule has 3 atom stereocenters. The number of esters is 1. The lowest BCUT2D eigenvalue weighted by molar-refractivity contribution is -0.134. The van der Waals surface area contributed by atoms with Crippen LogP contribution in [0.2, 0.25) is 0 Å². The van der Waals surface area contributed by atoms with Crippen LogP contribution in [0.5, 0.6) is 0 Å². The predicted octanol–water partition coefficient (Wildman–Crippen LogP) is 3.22. The van der Waals surface area contributed by atoms with Crippen molar-refractivity contribution in [3.05, 3.63) is 72.2 Å². The van der Waals surface area contributed by atoms with Gasteiger partial charge in [-0.1, -0.05) is 36.4 Å². The van der Waals surface area contributed by atoms with Gasteiger partial charge in [0.2, 0.25) is 0 Å². The zero-order chi connectivity index (χ0) is 15.5. The van der Waals surface area contributed by atoms with Crippen LogP contribution in [0, 0.1) is 11.8 Å². The largest absolute Gasteiger partial charge is 0.469 e. The lowest BCUT2D eigenvalue weighted by Gasteiger charge is -1.98. The van der Waals surface area contributed by atoms with E-state index in [0.717, 1.165) is 5.76 Å². The number of benzene rings is 1. The van der Waals surface area contributed by atoms with E-state index < -0.39 is 5.97 Å². The van der Waals surface area contributed by atoms with Gasteiger partial charge in [0, 0.05) is 23.5 Å². The highest BCUT2D eigenvalue weighted by atomic mass is 16.5. The summed E-state index contributed by atoms with van der Waals surface area (Å²) in [6.07, 6.45) is 4.71. The van der Waals surface area contributed by atoms with E-state index >= 15 is 0 Å². The Morgan fingerprint density at radius 1 is 1.14 bits per heavy atom. The molecule has 0 aliphatic heterocycles. The second-order valence-corrected chi connectivity index (χ2v) is 5.26. The molecule has 0 amide bonds. The number of hydrogen-bond acceptors (Lipinski definition) is 4. The van der Waals surface area contributed by atoms with Crippen molar-refractivity contribution in [1.82, 2.24) is 0 Å². The van der Waals surface area contributed by atoms with Crippen LogP contribution in [0.25, 0.3) is 0 Å². The number of furan rings is 1. The first-order chi connectivity index (χ1) is 10.7. The number of ether oxygens (including phenoxy) is 1. The normalized spacial score (nSPS) is 23.4. The molecule has 0 unspecified atom stereocenters. The zero-order valence-corrected chi connectivity index (χ0v) is 12.1. The van der Waals surface area contributed by atoms with E-state index in [1.54, 1.807) is 30.5 Å². The van der Waals surface area contributed by atoms with Crippen LogP contribution in [0.15, 0.2) is 65.3 Å². The number of methoxy groups -OCH3 is 1. The number of Topliss-reactive ketones (excluding diaryl/α,β-unsaturated/α-hetero) is 1. The monoisotopic (exact) mass is 296 g/mol. The van der Waals surface area contributed by atoms with Gasteiger partial charge in [-0.25, -0.2) is 4.79 Å². The number of carbonyl (C=O) groups is 2. The van der Waals surface area contributed by atoms with Gasteiger partial charge in [-0.2, -0.15) is 0 Å². The molecule has 1 aromatic carbocycles. The molecule has 4 heteroatoms. The van der Waals surface area contributed by atoms with Gasteiger partial charge in [0.05, 0.1) is 13.4 Å². The Labute approximate surface area is 128 Å². The Kier molecular flexibility index (Phi) is 3.92. The third kappa shape index (κ3) is 2.72. The Bertz CT molecular complexity index is 685. The van der Waals surface area contributed by atoms with E-state index in [0.29, 0.717) is 5.56 Å². The van der Waals surface area contributed by atoms with Crippen LogP contribution in [0.1, 0.15) is 22.0 Å². The second kappa shape index (κ2) is 6.02. The van der Waals surface area contributed by atoms with Crippen LogP contribution in [-0.4, -0.2) is 18.9 Å². The summed E-state index contributed by atoms with van der Waals surface area (Å²) in [5, 5.41) is 0. The molecule has 4 nitrogen and oxygen atoms in total. The summed E-state index contributed by atoms with van der Waals surface area (Å²) in [4.78, 5) is 23.9. The van der Waals surface area contributed by atoms with E-state index in [-0.39, 0.29) is 23.5 Å². The van der Waals surface area contributed by atoms with Crippen molar-refractivity contribution in [2.24, 2.45) is 11.8 Å². The summed E-state index contributed by atoms with van der Waals surface area (Å²) in [5.74, 6) is 0.155. The predicted molar refractivity (Wildman–Crippen MR) is 80.4 cm³/mol. The van der Waals surface area contributed by atoms with Crippen molar-refractivity contribution >= 4 is 11.8 Å². The van der Waals surface area contributed by atoms with Crippen molar-refractivity contribution in [3.8, 4) is 0 Å². The van der Waals surface area contributed by atoms with Crippen molar-refractivity contribution < 1.29 is 18.7 Å². The van der Waals surface area contributed by atoms with Gasteiger partial charge in [0.25, 0.3) is 0 Å². The van der Waals surface area contributed by atoms with Gasteiger partial charge >= 0.3 is 5.97 Å². The zero-order valence-electron chi connectivity index (χ0n) is 12.1. The molecule has 1 aromatic heterocycles. The van der Waals surface area contributed by atoms with Crippen molar-refractivity contribution in [3.63, 3.8) is 0 Å². The van der Waals surface area contributed by atoms with Crippen molar-refractivity contribution in [2.45, 2.75) is 5.92 Å². The molecule has 3 rings (SSSR count). The summed E-state index contributed by atoms with van der Waals surface area (Å²) in [5.41, 5.74) is 0.679. The van der Waals surface area contributed by atoms with Crippen LogP contribution in [-0.2, 0) is 9.53 Å². The Balaban J connectivity index is 1.83. The molecule has 1 saturated carbocycles. The summed E-state index contributed by atoms with van der Waals surface area (Å²) in [6, 6.07) is 12.8. The number of allylic oxidation sites excluding steroid dienone is 1. The molecule has 2 aromatic rings. The summed E-state index contributed by atoms with van der Waals surface area (Å²) in [7, 11) is 1.33. The quantitative estimate of drug-likeness (QED) is 0.483. The Hall–Kier alpha value is -2.62. The summed E-state index contributed by atoms with van der Waals surface area (Å²) in [6.45, 7) is 0. The third-order valence-corrected chi connectivity index (χ3v) is 3.96. The average Bonchev–Trinajstić information content (AvgIpc) is 3.02. The highest BCUT2D eigenvalue weighted by Crippen LogP contribution is 2.56. The second-order valence-electron chi connectivity index (χ2n) is 5.26. The highest BCUT2D eigenvalue weighted by Gasteiger charge is 2.55. The fraction of sp³-hybridized carbons (Fsp3) is 0.222. The van der Waals surface area contributed by atoms with Gasteiger partial charge in [-0.15, -0.1) is 0 Å². The van der Waals surface area contributed by atoms with E-state index in [4.69, 9.17) is 4.42 Å². The van der Waals surface area contributed by atoms with Gasteiger partial charge < -0.3 is 9.15 Å². The molecule has 0 bridgehead atoms. The molecule has 112 valence electrons. The first-order valence-electron chi connectivity index (χ1n) is 7.11. The topological polar surface area (TPSA) is 56.5 Å². The third-order valence-electron chi connectivity index (χ3n) is 3.96. The van der Waals surface area contributed by atoms with Gasteiger partial charge in [-0.05, 0) is 18.1 Å². The first-order valence-corrected chi connectivity index (χ1v) is 7.11. The van der Waals surface area contributed by atoms with E-state index in [1.807, 2.05) is 24.3 Å². The fourth-order valence-corrected chi connectivity index (χ4v) is 2.81. The minimum atomic E-state index is -0.420. The number of ketones is 1. The van der Waals surface area contributed by atoms with Crippen LogP contribution in [0.4, 0.5) is 0 Å². The highest BCUT2D eigenvalue weighted by molar-refractivity contribution is 6.01. The van der Waals surface area contributed by atoms with E-state index in [2.05, 4.69) is 4.74 Å². The molecule has 0 N–H and O–H groups in total. The molecular weight excluding hydrogens is 280 g/mol. The lowest BCUT2D eigenvalue weighted by Crippen LogP contribution is -2.03. The van der Waals surface area contributed by atoms with E-state index in [1.165, 1.54) is 13.2 Å². The smallest absolute Gasteiger partial charge is 0.330 e. The molecule has 1 aliphatic rings. The molecule has 0 spiro atoms. The molecular formula is C18H16O4. The Morgan fingerprint density at radius 2 is 1.91 bits per heavy atom. The molecule has 0 saturated heterocycles. The molecule has 1 fully saturated rings. The van der Waals surface area contributed by atoms with E-state index in [9.17, 15) is 9.59 Å². The maximum atomic E-state index is 12.6. The SMILES string of the molecule is COC(=O)/C=C/[C@H]1[C@H](C(=O)c2ccccc2)[C@H]1c1ccco1. The van der Waals surface area contributed by atoms with Crippen LogP contribution in [0.3, 0.4) is 0 Å². The standard InChI is InChI=1S/C18H16O4/c1-21-15(19)10-9-13-16(14-8-5-11-22-14)17(13)18(20)12-6-3-2-4-7-12/h2-11,13,16-17H,1H3/b10-9+/t13-,16-,17+/m1/s1. The van der Waals surface area contributed by atoms with Gasteiger partial charge in [0.1, 0.15) is 5.76 Å². The number of rotatable bonds is 5. The fourth-order valence-electron chi connectivity index (χ4n) is 2.81. The minimum Gasteiger partial charge on any atom is -0.469 e. The molecule has 22 heavy (non-hydrogen) atoms. The van der Waals surface area contributed by atoms with Crippen molar-refractivity contribution in [2.75, 3.05) is 7.11 Å². The first kappa shape index (κ1) is 14.3.